The Balaban J connectivity index is 1.72. The number of carbonyl (C=O) groups excluding carboxylic acids is 2. The molecule has 0 saturated carbocycles. The minimum Gasteiger partial charge on any atom is -0.340 e. The Morgan fingerprint density at radius 3 is 2.30 bits per heavy atom. The van der Waals surface area contributed by atoms with Crippen molar-refractivity contribution in [1.82, 2.24) is 14.7 Å². The number of rotatable bonds is 5. The molecule has 2 aliphatic rings. The summed E-state index contributed by atoms with van der Waals surface area (Å²) in [5.74, 6) is 1.11. The van der Waals surface area contributed by atoms with Gasteiger partial charge in [-0.3, -0.25) is 14.5 Å². The quantitative estimate of drug-likeness (QED) is 0.777. The van der Waals surface area contributed by atoms with Gasteiger partial charge in [0.05, 0.1) is 6.54 Å². The van der Waals surface area contributed by atoms with Gasteiger partial charge < -0.3 is 9.80 Å². The summed E-state index contributed by atoms with van der Waals surface area (Å²) in [6.07, 6.45) is 5.12. The standard InChI is InChI=1S/C18H33N3O2/c1-15(2)7-8-17(22)20-12-10-19(11-13-20)14-18(23)21-9-5-4-6-16(21)3/h15-16H,4-14H2,1-3H3. The fourth-order valence-corrected chi connectivity index (χ4v) is 3.48. The second-order valence-corrected chi connectivity index (χ2v) is 7.52. The summed E-state index contributed by atoms with van der Waals surface area (Å²) < 4.78 is 0. The summed E-state index contributed by atoms with van der Waals surface area (Å²) in [5.41, 5.74) is 0. The first kappa shape index (κ1) is 18.2. The molecule has 1 unspecified atom stereocenters. The van der Waals surface area contributed by atoms with E-state index >= 15 is 0 Å². The number of piperazine rings is 1. The highest BCUT2D eigenvalue weighted by molar-refractivity contribution is 5.79. The molecule has 2 aliphatic heterocycles. The van der Waals surface area contributed by atoms with Crippen molar-refractivity contribution in [1.29, 1.82) is 0 Å². The lowest BCUT2D eigenvalue weighted by Gasteiger charge is -2.38. The molecule has 0 aliphatic carbocycles. The number of piperidine rings is 1. The molecule has 2 rings (SSSR count). The van der Waals surface area contributed by atoms with Crippen LogP contribution in [0.4, 0.5) is 0 Å². The van der Waals surface area contributed by atoms with Crippen LogP contribution in [0.25, 0.3) is 0 Å². The third-order valence-corrected chi connectivity index (χ3v) is 5.14. The van der Waals surface area contributed by atoms with E-state index in [1.807, 2.05) is 9.80 Å². The van der Waals surface area contributed by atoms with Crippen LogP contribution in [0.5, 0.6) is 0 Å². The van der Waals surface area contributed by atoms with Gasteiger partial charge in [-0.2, -0.15) is 0 Å². The normalized spacial score (nSPS) is 23.4. The summed E-state index contributed by atoms with van der Waals surface area (Å²) in [6.45, 7) is 11.0. The fourth-order valence-electron chi connectivity index (χ4n) is 3.48. The second-order valence-electron chi connectivity index (χ2n) is 7.52. The maximum atomic E-state index is 12.5. The van der Waals surface area contributed by atoms with Crippen LogP contribution in [0.15, 0.2) is 0 Å². The molecule has 2 heterocycles. The van der Waals surface area contributed by atoms with E-state index < -0.39 is 0 Å². The summed E-state index contributed by atoms with van der Waals surface area (Å²) >= 11 is 0. The highest BCUT2D eigenvalue weighted by atomic mass is 16.2. The van der Waals surface area contributed by atoms with E-state index in [0.29, 0.717) is 24.9 Å². The van der Waals surface area contributed by atoms with Gasteiger partial charge in [-0.15, -0.1) is 0 Å². The molecule has 23 heavy (non-hydrogen) atoms. The number of likely N-dealkylation sites (tertiary alicyclic amines) is 1. The third kappa shape index (κ3) is 5.48. The summed E-state index contributed by atoms with van der Waals surface area (Å²) in [6, 6.07) is 0.384. The van der Waals surface area contributed by atoms with Crippen molar-refractivity contribution in [3.8, 4) is 0 Å². The average molecular weight is 323 g/mol. The first-order chi connectivity index (χ1) is 11.0. The number of amides is 2. The van der Waals surface area contributed by atoms with Crippen LogP contribution in [-0.2, 0) is 9.59 Å². The van der Waals surface area contributed by atoms with Gasteiger partial charge in [-0.25, -0.2) is 0 Å². The zero-order valence-electron chi connectivity index (χ0n) is 15.1. The van der Waals surface area contributed by atoms with E-state index in [0.717, 1.165) is 52.0 Å². The lowest BCUT2D eigenvalue weighted by molar-refractivity contribution is -0.137. The zero-order valence-corrected chi connectivity index (χ0v) is 15.1. The zero-order chi connectivity index (χ0) is 16.8. The molecule has 5 heteroatoms. The maximum absolute atomic E-state index is 12.5. The van der Waals surface area contributed by atoms with Gasteiger partial charge in [-0.05, 0) is 38.5 Å². The van der Waals surface area contributed by atoms with Gasteiger partial charge in [0, 0.05) is 45.2 Å². The molecule has 0 aromatic heterocycles. The Morgan fingerprint density at radius 2 is 1.70 bits per heavy atom. The molecule has 0 aromatic carbocycles. The lowest BCUT2D eigenvalue weighted by Crippen LogP contribution is -2.53. The number of nitrogens with zero attached hydrogens (tertiary/aromatic N) is 3. The van der Waals surface area contributed by atoms with Crippen molar-refractivity contribution >= 4 is 11.8 Å². The van der Waals surface area contributed by atoms with Gasteiger partial charge in [0.15, 0.2) is 0 Å². The molecule has 132 valence electrons. The monoisotopic (exact) mass is 323 g/mol. The molecule has 2 amide bonds. The molecule has 2 fully saturated rings. The topological polar surface area (TPSA) is 43.9 Å². The van der Waals surface area contributed by atoms with Crippen molar-refractivity contribution in [2.45, 2.75) is 58.9 Å². The highest BCUT2D eigenvalue weighted by Gasteiger charge is 2.27. The Hall–Kier alpha value is -1.10. The number of carbonyl (C=O) groups is 2. The van der Waals surface area contributed by atoms with Crippen molar-refractivity contribution in [2.75, 3.05) is 39.3 Å². The van der Waals surface area contributed by atoms with Crippen LogP contribution in [0.3, 0.4) is 0 Å². The van der Waals surface area contributed by atoms with Crippen LogP contribution in [0.1, 0.15) is 52.9 Å². The Bertz CT molecular complexity index is 403. The molecule has 0 radical (unpaired) electrons. The highest BCUT2D eigenvalue weighted by Crippen LogP contribution is 2.17. The molecule has 1 atom stereocenters. The third-order valence-electron chi connectivity index (χ3n) is 5.14. The summed E-state index contributed by atoms with van der Waals surface area (Å²) in [7, 11) is 0. The minimum atomic E-state index is 0.261. The van der Waals surface area contributed by atoms with Gasteiger partial charge >= 0.3 is 0 Å². The predicted octanol–water partition coefficient (Wildman–Crippen LogP) is 1.97. The predicted molar refractivity (Wildman–Crippen MR) is 92.1 cm³/mol. The number of hydrogen-bond donors (Lipinski definition) is 0. The Kier molecular flexibility index (Phi) is 6.88. The molecule has 0 spiro atoms. The number of hydrogen-bond acceptors (Lipinski definition) is 3. The van der Waals surface area contributed by atoms with E-state index in [-0.39, 0.29) is 11.8 Å². The molecule has 0 N–H and O–H groups in total. The Morgan fingerprint density at radius 1 is 1.00 bits per heavy atom. The van der Waals surface area contributed by atoms with Crippen molar-refractivity contribution in [3.05, 3.63) is 0 Å². The fraction of sp³-hybridized carbons (Fsp3) is 0.889. The van der Waals surface area contributed by atoms with E-state index in [9.17, 15) is 9.59 Å². The van der Waals surface area contributed by atoms with Crippen LogP contribution in [-0.4, -0.2) is 71.8 Å². The van der Waals surface area contributed by atoms with Crippen molar-refractivity contribution < 1.29 is 9.59 Å². The van der Waals surface area contributed by atoms with Crippen molar-refractivity contribution in [2.24, 2.45) is 5.92 Å². The lowest BCUT2D eigenvalue weighted by atomic mass is 10.0. The van der Waals surface area contributed by atoms with Crippen LogP contribution >= 0.6 is 0 Å². The minimum absolute atomic E-state index is 0.261. The van der Waals surface area contributed by atoms with E-state index in [2.05, 4.69) is 25.7 Å². The van der Waals surface area contributed by atoms with E-state index in [4.69, 9.17) is 0 Å². The summed E-state index contributed by atoms with van der Waals surface area (Å²) in [4.78, 5) is 30.8. The first-order valence-electron chi connectivity index (χ1n) is 9.27. The SMILES string of the molecule is CC(C)CCC(=O)N1CCN(CC(=O)N2CCCCC2C)CC1. The van der Waals surface area contributed by atoms with Crippen LogP contribution in [0.2, 0.25) is 0 Å². The molecule has 5 nitrogen and oxygen atoms in total. The largest absolute Gasteiger partial charge is 0.340 e. The van der Waals surface area contributed by atoms with Crippen LogP contribution < -0.4 is 0 Å². The Labute approximate surface area is 141 Å². The second kappa shape index (κ2) is 8.67. The maximum Gasteiger partial charge on any atom is 0.236 e. The van der Waals surface area contributed by atoms with E-state index in [1.165, 1.54) is 6.42 Å². The summed E-state index contributed by atoms with van der Waals surface area (Å²) in [5, 5.41) is 0. The molecule has 0 bridgehead atoms. The van der Waals surface area contributed by atoms with Gasteiger partial charge in [0.25, 0.3) is 0 Å². The van der Waals surface area contributed by atoms with Gasteiger partial charge in [0.1, 0.15) is 0 Å². The first-order valence-corrected chi connectivity index (χ1v) is 9.27. The van der Waals surface area contributed by atoms with Gasteiger partial charge in [-0.1, -0.05) is 13.8 Å². The average Bonchev–Trinajstić information content (AvgIpc) is 2.53. The molecular formula is C18H33N3O2. The molecular weight excluding hydrogens is 290 g/mol. The molecule has 2 saturated heterocycles. The van der Waals surface area contributed by atoms with E-state index in [1.54, 1.807) is 0 Å². The smallest absolute Gasteiger partial charge is 0.236 e. The molecule has 0 aromatic rings. The van der Waals surface area contributed by atoms with Crippen molar-refractivity contribution in [3.63, 3.8) is 0 Å². The van der Waals surface area contributed by atoms with Crippen LogP contribution in [0, 0.1) is 5.92 Å². The van der Waals surface area contributed by atoms with Gasteiger partial charge in [0.2, 0.25) is 11.8 Å².